The molecule has 3 rings (SSSR count). The van der Waals surface area contributed by atoms with Crippen LogP contribution in [0.5, 0.6) is 5.75 Å². The molecule has 0 saturated heterocycles. The largest absolute Gasteiger partial charge is 0.491 e. The summed E-state index contributed by atoms with van der Waals surface area (Å²) in [5.41, 5.74) is -0.222. The van der Waals surface area contributed by atoms with Crippen molar-refractivity contribution in [3.63, 3.8) is 0 Å². The van der Waals surface area contributed by atoms with Gasteiger partial charge in [0.15, 0.2) is 0 Å². The van der Waals surface area contributed by atoms with Gasteiger partial charge in [-0.05, 0) is 24.3 Å². The molecule has 3 nitrogen and oxygen atoms in total. The summed E-state index contributed by atoms with van der Waals surface area (Å²) >= 11 is 0. The summed E-state index contributed by atoms with van der Waals surface area (Å²) in [4.78, 5) is 4.18. The maximum Gasteiger partial charge on any atom is 0.222 e. The van der Waals surface area contributed by atoms with E-state index in [-0.39, 0.29) is 24.1 Å². The molecule has 21 heavy (non-hydrogen) atoms. The monoisotopic (exact) mass is 289 g/mol. The van der Waals surface area contributed by atoms with Crippen molar-refractivity contribution in [2.24, 2.45) is 4.99 Å². The highest BCUT2D eigenvalue weighted by atomic mass is 19.1. The van der Waals surface area contributed by atoms with E-state index in [1.165, 1.54) is 18.2 Å². The highest BCUT2D eigenvalue weighted by Crippen LogP contribution is 2.19. The fraction of sp³-hybridized carbons (Fsp3) is 0.188. The maximum absolute atomic E-state index is 13.6. The molecular weight excluding hydrogens is 276 g/mol. The van der Waals surface area contributed by atoms with E-state index in [0.29, 0.717) is 6.61 Å². The average Bonchev–Trinajstić information content (AvgIpc) is 2.95. The number of ether oxygens (including phenoxy) is 2. The van der Waals surface area contributed by atoms with Crippen molar-refractivity contribution in [3.8, 4) is 5.75 Å². The highest BCUT2D eigenvalue weighted by molar-refractivity contribution is 5.95. The maximum atomic E-state index is 13.6. The Morgan fingerprint density at radius 2 is 1.76 bits per heavy atom. The number of aliphatic imine (C=N–C) groups is 1. The summed E-state index contributed by atoms with van der Waals surface area (Å²) in [7, 11) is 0. The Morgan fingerprint density at radius 3 is 2.48 bits per heavy atom. The number of para-hydroxylation sites is 1. The first-order valence-corrected chi connectivity index (χ1v) is 6.57. The Balaban J connectivity index is 1.70. The van der Waals surface area contributed by atoms with Crippen molar-refractivity contribution in [1.82, 2.24) is 0 Å². The number of nitrogens with zero attached hydrogens (tertiary/aromatic N) is 1. The van der Waals surface area contributed by atoms with Crippen molar-refractivity contribution in [1.29, 1.82) is 0 Å². The molecule has 0 amide bonds. The molecule has 5 heteroatoms. The predicted octanol–water partition coefficient (Wildman–Crippen LogP) is 3.19. The van der Waals surface area contributed by atoms with Crippen molar-refractivity contribution in [2.45, 2.75) is 6.04 Å². The van der Waals surface area contributed by atoms with Crippen LogP contribution in [0.3, 0.4) is 0 Å². The minimum absolute atomic E-state index is 0.00717. The fourth-order valence-electron chi connectivity index (χ4n) is 2.05. The van der Waals surface area contributed by atoms with E-state index in [0.717, 1.165) is 5.75 Å². The zero-order chi connectivity index (χ0) is 14.7. The second kappa shape index (κ2) is 5.91. The summed E-state index contributed by atoms with van der Waals surface area (Å²) in [6, 6.07) is 12.7. The minimum Gasteiger partial charge on any atom is -0.491 e. The van der Waals surface area contributed by atoms with E-state index in [1.54, 1.807) is 0 Å². The topological polar surface area (TPSA) is 30.8 Å². The van der Waals surface area contributed by atoms with E-state index in [9.17, 15) is 8.78 Å². The van der Waals surface area contributed by atoms with Crippen molar-refractivity contribution in [3.05, 3.63) is 65.7 Å². The summed E-state index contributed by atoms with van der Waals surface area (Å²) in [6.45, 7) is 0.541. The van der Waals surface area contributed by atoms with Gasteiger partial charge in [-0.1, -0.05) is 24.3 Å². The molecule has 108 valence electrons. The van der Waals surface area contributed by atoms with Gasteiger partial charge in [0.1, 0.15) is 42.2 Å². The number of hydrogen-bond acceptors (Lipinski definition) is 3. The quantitative estimate of drug-likeness (QED) is 0.865. The normalized spacial score (nSPS) is 17.2. The van der Waals surface area contributed by atoms with Crippen LogP contribution in [-0.2, 0) is 4.74 Å². The molecule has 1 unspecified atom stereocenters. The third-order valence-corrected chi connectivity index (χ3v) is 3.07. The molecule has 1 atom stereocenters. The SMILES string of the molecule is Fc1cccc(F)c1C1=NC(COc2ccccc2)CO1. The zero-order valence-electron chi connectivity index (χ0n) is 11.1. The van der Waals surface area contributed by atoms with E-state index < -0.39 is 11.6 Å². The summed E-state index contributed by atoms with van der Waals surface area (Å²) in [5.74, 6) is -0.651. The van der Waals surface area contributed by atoms with Crippen LogP contribution in [0, 0.1) is 11.6 Å². The molecule has 2 aromatic rings. The molecule has 0 bridgehead atoms. The van der Waals surface area contributed by atoms with Crippen LogP contribution in [0.4, 0.5) is 8.78 Å². The molecule has 1 heterocycles. The van der Waals surface area contributed by atoms with Crippen LogP contribution < -0.4 is 4.74 Å². The van der Waals surface area contributed by atoms with Crippen LogP contribution >= 0.6 is 0 Å². The first-order chi connectivity index (χ1) is 10.2. The van der Waals surface area contributed by atoms with E-state index in [1.807, 2.05) is 30.3 Å². The Kier molecular flexibility index (Phi) is 3.81. The molecule has 0 fully saturated rings. The highest BCUT2D eigenvalue weighted by Gasteiger charge is 2.25. The van der Waals surface area contributed by atoms with Crippen LogP contribution in [-0.4, -0.2) is 25.2 Å². The molecule has 0 saturated carbocycles. The van der Waals surface area contributed by atoms with Gasteiger partial charge in [0, 0.05) is 0 Å². The Bertz CT molecular complexity index is 638. The van der Waals surface area contributed by atoms with Gasteiger partial charge < -0.3 is 9.47 Å². The number of benzene rings is 2. The third kappa shape index (κ3) is 3.02. The van der Waals surface area contributed by atoms with Crippen LogP contribution in [0.2, 0.25) is 0 Å². The van der Waals surface area contributed by atoms with Crippen molar-refractivity contribution < 1.29 is 18.3 Å². The lowest BCUT2D eigenvalue weighted by molar-refractivity contribution is 0.242. The van der Waals surface area contributed by atoms with Gasteiger partial charge >= 0.3 is 0 Å². The van der Waals surface area contributed by atoms with Gasteiger partial charge in [0.05, 0.1) is 0 Å². The second-order valence-electron chi connectivity index (χ2n) is 4.62. The van der Waals surface area contributed by atoms with E-state index in [2.05, 4.69) is 4.99 Å². The summed E-state index contributed by atoms with van der Waals surface area (Å²) < 4.78 is 38.1. The summed E-state index contributed by atoms with van der Waals surface area (Å²) in [5, 5.41) is 0. The molecule has 0 N–H and O–H groups in total. The lowest BCUT2D eigenvalue weighted by Crippen LogP contribution is -2.16. The fourth-order valence-corrected chi connectivity index (χ4v) is 2.05. The van der Waals surface area contributed by atoms with E-state index in [4.69, 9.17) is 9.47 Å². The standard InChI is InChI=1S/C16H13F2NO2/c17-13-7-4-8-14(18)15(13)16-19-11(10-21-16)9-20-12-5-2-1-3-6-12/h1-8,11H,9-10H2. The molecule has 0 spiro atoms. The lowest BCUT2D eigenvalue weighted by Gasteiger charge is -2.07. The summed E-state index contributed by atoms with van der Waals surface area (Å²) in [6.07, 6.45) is 0. The van der Waals surface area contributed by atoms with Crippen LogP contribution in [0.15, 0.2) is 53.5 Å². The molecule has 0 aromatic heterocycles. The zero-order valence-corrected chi connectivity index (χ0v) is 11.1. The van der Waals surface area contributed by atoms with Crippen molar-refractivity contribution >= 4 is 5.90 Å². The van der Waals surface area contributed by atoms with Gasteiger partial charge in [-0.15, -0.1) is 0 Å². The first-order valence-electron chi connectivity index (χ1n) is 6.57. The van der Waals surface area contributed by atoms with Gasteiger partial charge in [0.25, 0.3) is 0 Å². The molecule has 1 aliphatic heterocycles. The van der Waals surface area contributed by atoms with Gasteiger partial charge in [-0.3, -0.25) is 0 Å². The average molecular weight is 289 g/mol. The molecule has 1 aliphatic rings. The Morgan fingerprint density at radius 1 is 1.05 bits per heavy atom. The van der Waals surface area contributed by atoms with Gasteiger partial charge in [0.2, 0.25) is 5.90 Å². The van der Waals surface area contributed by atoms with E-state index >= 15 is 0 Å². The Hall–Kier alpha value is -2.43. The predicted molar refractivity (Wildman–Crippen MR) is 74.6 cm³/mol. The Labute approximate surface area is 120 Å². The molecule has 0 radical (unpaired) electrons. The second-order valence-corrected chi connectivity index (χ2v) is 4.62. The molecule has 0 aliphatic carbocycles. The number of hydrogen-bond donors (Lipinski definition) is 0. The minimum atomic E-state index is -0.682. The van der Waals surface area contributed by atoms with Gasteiger partial charge in [-0.2, -0.15) is 0 Å². The first kappa shape index (κ1) is 13.5. The third-order valence-electron chi connectivity index (χ3n) is 3.07. The molecular formula is C16H13F2NO2. The lowest BCUT2D eigenvalue weighted by atomic mass is 10.2. The number of rotatable bonds is 4. The van der Waals surface area contributed by atoms with Crippen molar-refractivity contribution in [2.75, 3.05) is 13.2 Å². The molecule has 2 aromatic carbocycles. The van der Waals surface area contributed by atoms with Crippen LogP contribution in [0.25, 0.3) is 0 Å². The smallest absolute Gasteiger partial charge is 0.222 e. The van der Waals surface area contributed by atoms with Gasteiger partial charge in [-0.25, -0.2) is 13.8 Å². The number of halogens is 2. The van der Waals surface area contributed by atoms with Crippen LogP contribution in [0.1, 0.15) is 5.56 Å².